The highest BCUT2D eigenvalue weighted by Crippen LogP contribution is 2.34. The van der Waals surface area contributed by atoms with Crippen molar-refractivity contribution in [2.45, 2.75) is 6.61 Å². The highest BCUT2D eigenvalue weighted by atomic mass is 79.9. The molecule has 1 aliphatic rings. The number of hydrogen-bond donors (Lipinski definition) is 1. The number of nitrogens with one attached hydrogen (secondary N) is 1. The van der Waals surface area contributed by atoms with Gasteiger partial charge in [-0.25, -0.2) is 0 Å². The second-order valence-electron chi connectivity index (χ2n) is 7.02. The lowest BCUT2D eigenvalue weighted by atomic mass is 10.1. The van der Waals surface area contributed by atoms with E-state index in [1.54, 1.807) is 36.4 Å². The van der Waals surface area contributed by atoms with E-state index in [1.807, 2.05) is 30.3 Å². The highest BCUT2D eigenvalue weighted by Gasteiger charge is 2.14. The molecule has 0 aliphatic carbocycles. The van der Waals surface area contributed by atoms with Crippen LogP contribution in [-0.4, -0.2) is 19.8 Å². The molecule has 1 N–H and O–H groups in total. The van der Waals surface area contributed by atoms with Crippen molar-refractivity contribution < 1.29 is 23.7 Å². The van der Waals surface area contributed by atoms with Gasteiger partial charge in [0, 0.05) is 10.2 Å². The number of nitrogens with zero attached hydrogens (tertiary/aromatic N) is 1. The van der Waals surface area contributed by atoms with E-state index < -0.39 is 5.91 Å². The Morgan fingerprint density at radius 3 is 2.76 bits per heavy atom. The van der Waals surface area contributed by atoms with Crippen molar-refractivity contribution in [1.82, 2.24) is 0 Å². The second kappa shape index (κ2) is 10.1. The fraction of sp³-hybridized carbons (Fsp3) is 0.120. The number of benzene rings is 3. The Balaban J connectivity index is 1.47. The van der Waals surface area contributed by atoms with Crippen molar-refractivity contribution in [3.8, 4) is 29.1 Å². The normalized spacial score (nSPS) is 12.1. The summed E-state index contributed by atoms with van der Waals surface area (Å²) in [4.78, 5) is 12.5. The molecule has 0 fully saturated rings. The van der Waals surface area contributed by atoms with Crippen molar-refractivity contribution in [1.29, 1.82) is 5.26 Å². The molecule has 0 bridgehead atoms. The molecule has 0 atom stereocenters. The molecule has 0 aromatic heterocycles. The van der Waals surface area contributed by atoms with Gasteiger partial charge in [-0.1, -0.05) is 34.1 Å². The number of amides is 1. The zero-order chi connectivity index (χ0) is 23.2. The van der Waals surface area contributed by atoms with Crippen molar-refractivity contribution >= 4 is 33.6 Å². The lowest BCUT2D eigenvalue weighted by molar-refractivity contribution is -0.112. The molecule has 4 rings (SSSR count). The van der Waals surface area contributed by atoms with Gasteiger partial charge in [0.1, 0.15) is 18.2 Å². The van der Waals surface area contributed by atoms with Crippen LogP contribution in [0.5, 0.6) is 23.0 Å². The van der Waals surface area contributed by atoms with Crippen molar-refractivity contribution in [2.75, 3.05) is 19.2 Å². The van der Waals surface area contributed by atoms with Crippen molar-refractivity contribution in [3.05, 3.63) is 81.8 Å². The minimum absolute atomic E-state index is 0.0361. The first-order valence-corrected chi connectivity index (χ1v) is 10.7. The summed E-state index contributed by atoms with van der Waals surface area (Å²) < 4.78 is 22.9. The van der Waals surface area contributed by atoms with Crippen LogP contribution in [0.2, 0.25) is 0 Å². The number of halogens is 1. The lowest BCUT2D eigenvalue weighted by Gasteiger charge is -2.12. The Morgan fingerprint density at radius 2 is 1.97 bits per heavy atom. The summed E-state index contributed by atoms with van der Waals surface area (Å²) >= 11 is 3.35. The van der Waals surface area contributed by atoms with E-state index >= 15 is 0 Å². The molecule has 3 aromatic rings. The summed E-state index contributed by atoms with van der Waals surface area (Å²) in [5.41, 5.74) is 2.09. The van der Waals surface area contributed by atoms with Crippen LogP contribution in [0.25, 0.3) is 6.08 Å². The van der Waals surface area contributed by atoms with Crippen LogP contribution in [0.3, 0.4) is 0 Å². The Bertz CT molecular complexity index is 1270. The number of nitriles is 1. The molecule has 8 heteroatoms. The summed E-state index contributed by atoms with van der Waals surface area (Å²) in [6, 6.07) is 19.9. The van der Waals surface area contributed by atoms with Crippen LogP contribution in [-0.2, 0) is 11.4 Å². The summed E-state index contributed by atoms with van der Waals surface area (Å²) in [5.74, 6) is 1.91. The largest absolute Gasteiger partial charge is 0.493 e. The Labute approximate surface area is 199 Å². The van der Waals surface area contributed by atoms with Crippen LogP contribution >= 0.6 is 15.9 Å². The van der Waals surface area contributed by atoms with E-state index in [-0.39, 0.29) is 12.4 Å². The molecule has 3 aromatic carbocycles. The van der Waals surface area contributed by atoms with Gasteiger partial charge in [0.25, 0.3) is 5.91 Å². The molecular weight excluding hydrogens is 488 g/mol. The number of carbonyl (C=O) groups is 1. The van der Waals surface area contributed by atoms with E-state index in [2.05, 4.69) is 21.2 Å². The molecule has 0 saturated heterocycles. The van der Waals surface area contributed by atoms with E-state index in [9.17, 15) is 10.1 Å². The smallest absolute Gasteiger partial charge is 0.266 e. The Kier molecular flexibility index (Phi) is 6.81. The molecule has 1 amide bonds. The SMILES string of the molecule is COc1cc(/C=C(/C#N)C(=O)Nc2cccc(Br)c2)ccc1OCc1ccc2c(c1)OCO2. The number of carbonyl (C=O) groups excluding carboxylic acids is 1. The number of anilines is 1. The molecule has 33 heavy (non-hydrogen) atoms. The number of ether oxygens (including phenoxy) is 4. The molecule has 1 heterocycles. The molecule has 1 aliphatic heterocycles. The predicted octanol–water partition coefficient (Wildman–Crippen LogP) is 5.31. The second-order valence-corrected chi connectivity index (χ2v) is 7.94. The van der Waals surface area contributed by atoms with E-state index in [0.717, 1.165) is 10.0 Å². The molecule has 0 saturated carbocycles. The van der Waals surface area contributed by atoms with Crippen LogP contribution in [0.1, 0.15) is 11.1 Å². The van der Waals surface area contributed by atoms with Gasteiger partial charge in [-0.2, -0.15) is 5.26 Å². The van der Waals surface area contributed by atoms with Crippen LogP contribution in [0.4, 0.5) is 5.69 Å². The Hall–Kier alpha value is -3.96. The summed E-state index contributed by atoms with van der Waals surface area (Å²) in [5, 5.41) is 12.2. The average Bonchev–Trinajstić information content (AvgIpc) is 3.29. The maximum Gasteiger partial charge on any atom is 0.266 e. The summed E-state index contributed by atoms with van der Waals surface area (Å²) in [6.45, 7) is 0.523. The van der Waals surface area contributed by atoms with Gasteiger partial charge in [-0.05, 0) is 59.7 Å². The van der Waals surface area contributed by atoms with Gasteiger partial charge in [-0.15, -0.1) is 0 Å². The quantitative estimate of drug-likeness (QED) is 0.345. The van der Waals surface area contributed by atoms with Gasteiger partial charge in [-0.3, -0.25) is 4.79 Å². The van der Waals surface area contributed by atoms with Gasteiger partial charge < -0.3 is 24.3 Å². The summed E-state index contributed by atoms with van der Waals surface area (Å²) in [7, 11) is 1.53. The van der Waals surface area contributed by atoms with Crippen molar-refractivity contribution in [3.63, 3.8) is 0 Å². The van der Waals surface area contributed by atoms with Crippen molar-refractivity contribution in [2.24, 2.45) is 0 Å². The van der Waals surface area contributed by atoms with Gasteiger partial charge in [0.05, 0.1) is 7.11 Å². The number of rotatable bonds is 7. The number of hydrogen-bond acceptors (Lipinski definition) is 6. The molecule has 7 nitrogen and oxygen atoms in total. The van der Waals surface area contributed by atoms with Gasteiger partial charge >= 0.3 is 0 Å². The van der Waals surface area contributed by atoms with Crippen LogP contribution < -0.4 is 24.3 Å². The van der Waals surface area contributed by atoms with Crippen LogP contribution in [0.15, 0.2) is 70.7 Å². The molecule has 0 unspecified atom stereocenters. The minimum Gasteiger partial charge on any atom is -0.493 e. The fourth-order valence-corrected chi connectivity index (χ4v) is 3.56. The number of methoxy groups -OCH3 is 1. The monoisotopic (exact) mass is 506 g/mol. The minimum atomic E-state index is -0.502. The van der Waals surface area contributed by atoms with Crippen LogP contribution in [0, 0.1) is 11.3 Å². The number of fused-ring (bicyclic) bond motifs is 1. The first kappa shape index (κ1) is 22.2. The Morgan fingerprint density at radius 1 is 1.12 bits per heavy atom. The average molecular weight is 507 g/mol. The van der Waals surface area contributed by atoms with E-state index in [1.165, 1.54) is 13.2 Å². The molecule has 0 radical (unpaired) electrons. The zero-order valence-corrected chi connectivity index (χ0v) is 19.2. The first-order valence-electron chi connectivity index (χ1n) is 9.94. The third kappa shape index (κ3) is 5.45. The van der Waals surface area contributed by atoms with E-state index in [0.29, 0.717) is 40.9 Å². The van der Waals surface area contributed by atoms with Gasteiger partial charge in [0.2, 0.25) is 6.79 Å². The predicted molar refractivity (Wildman–Crippen MR) is 126 cm³/mol. The lowest BCUT2D eigenvalue weighted by Crippen LogP contribution is -2.13. The third-order valence-corrected chi connectivity index (χ3v) is 5.27. The first-order chi connectivity index (χ1) is 16.1. The third-order valence-electron chi connectivity index (χ3n) is 4.78. The van der Waals surface area contributed by atoms with Gasteiger partial charge in [0.15, 0.2) is 23.0 Å². The van der Waals surface area contributed by atoms with E-state index in [4.69, 9.17) is 18.9 Å². The standard InChI is InChI=1S/C25H19BrN2O5/c1-30-23-10-16(9-18(13-27)25(29)28-20-4-2-3-19(26)12-20)5-7-21(23)31-14-17-6-8-22-24(11-17)33-15-32-22/h2-12H,14-15H2,1H3,(H,28,29)/b18-9-. The maximum atomic E-state index is 12.5. The molecule has 166 valence electrons. The highest BCUT2D eigenvalue weighted by molar-refractivity contribution is 9.10. The molecular formula is C25H19BrN2O5. The topological polar surface area (TPSA) is 89.8 Å². The summed E-state index contributed by atoms with van der Waals surface area (Å²) in [6.07, 6.45) is 1.50. The maximum absolute atomic E-state index is 12.5. The zero-order valence-electron chi connectivity index (χ0n) is 17.6. The molecule has 0 spiro atoms. The fourth-order valence-electron chi connectivity index (χ4n) is 3.16.